The summed E-state index contributed by atoms with van der Waals surface area (Å²) >= 11 is 0. The van der Waals surface area contributed by atoms with Gasteiger partial charge in [-0.15, -0.1) is 0 Å². The molecule has 170 valence electrons. The SMILES string of the molecule is O=P([O-])([O-])CN(CCCCCCN(CP(=O)([O-])[O-])CP(=O)([O-])[O-])CP(=O)([O-])[O-].[H+].[H+].[Na+].[Na+].[Na+].[Na+].[Na+].[Na+]. The van der Waals surface area contributed by atoms with Crippen LogP contribution >= 0.6 is 30.4 Å². The second-order valence-electron chi connectivity index (χ2n) is 6.21. The number of nitrogens with zero attached hydrogens (tertiary/aromatic N) is 2. The minimum Gasteiger partial charge on any atom is -0.810 e. The molecule has 0 amide bonds. The van der Waals surface area contributed by atoms with Gasteiger partial charge in [-0.2, -0.15) is 0 Å². The van der Waals surface area contributed by atoms with E-state index in [1.807, 2.05) is 0 Å². The fraction of sp³-hybridized carbons (Fsp3) is 1.00. The minimum atomic E-state index is -5.07. The molecule has 0 aromatic carbocycles. The normalized spacial score (nSPS) is 11.7. The number of rotatable bonds is 15. The Morgan fingerprint density at radius 3 is 0.735 bits per heavy atom. The van der Waals surface area contributed by atoms with E-state index in [9.17, 15) is 57.4 Å². The van der Waals surface area contributed by atoms with Gasteiger partial charge in [0.25, 0.3) is 0 Å². The van der Waals surface area contributed by atoms with Crippen LogP contribution in [0.2, 0.25) is 0 Å². The van der Waals surface area contributed by atoms with Gasteiger partial charge in [-0.3, -0.25) is 9.80 Å². The van der Waals surface area contributed by atoms with Crippen LogP contribution in [-0.4, -0.2) is 48.0 Å². The average Bonchev–Trinajstić information content (AvgIpc) is 2.34. The van der Waals surface area contributed by atoms with Crippen LogP contribution in [0.15, 0.2) is 0 Å². The molecule has 24 heteroatoms. The Bertz CT molecular complexity index is 581. The Kier molecular flexibility index (Phi) is 44.9. The Balaban J connectivity index is -0.000000130. The van der Waals surface area contributed by atoms with Gasteiger partial charge in [0, 0.05) is 25.1 Å². The van der Waals surface area contributed by atoms with E-state index in [0.29, 0.717) is 22.6 Å². The van der Waals surface area contributed by atoms with Crippen molar-refractivity contribution in [3.63, 3.8) is 0 Å². The van der Waals surface area contributed by atoms with Crippen LogP contribution in [0.25, 0.3) is 0 Å². The van der Waals surface area contributed by atoms with Crippen LogP contribution < -0.4 is 216 Å². The quantitative estimate of drug-likeness (QED) is 0.0931. The van der Waals surface area contributed by atoms with Gasteiger partial charge in [0.15, 0.2) is 0 Å². The van der Waals surface area contributed by atoms with Gasteiger partial charge in [-0.25, -0.2) is 0 Å². The fourth-order valence-corrected chi connectivity index (χ4v) is 5.62. The summed E-state index contributed by atoms with van der Waals surface area (Å²) in [6, 6.07) is 0. The summed E-state index contributed by atoms with van der Waals surface area (Å²) in [5, 5.41) is 0. The maximum Gasteiger partial charge on any atom is 1.00 e. The third-order valence-electron chi connectivity index (χ3n) is 3.19. The summed E-state index contributed by atoms with van der Waals surface area (Å²) in [6.45, 7) is -0.363. The van der Waals surface area contributed by atoms with Crippen molar-refractivity contribution in [3.05, 3.63) is 0 Å². The zero-order chi connectivity index (χ0) is 22.2. The van der Waals surface area contributed by atoms with E-state index in [-0.39, 0.29) is 206 Å². The second-order valence-corrected chi connectivity index (χ2v) is 12.2. The van der Waals surface area contributed by atoms with E-state index < -0.39 is 55.5 Å². The average molecular weight is 624 g/mol. The molecule has 0 spiro atoms. The van der Waals surface area contributed by atoms with Crippen molar-refractivity contribution in [1.29, 1.82) is 0 Å². The standard InChI is InChI=1S/C10H28N2O12P4.6Na/c13-25(14,15)7-11(8-26(16,17)18)5-3-1-2-4-6-12(9-27(19,20)21)10-28(22,23)24;;;;;;/h1-10H2,(H2,13,14,15)(H2,16,17,18)(H2,19,20,21)(H2,22,23,24);;;;;;/q;6*+1/p-6. The smallest absolute Gasteiger partial charge is 0.810 e. The maximum atomic E-state index is 10.7. The molecule has 0 aliphatic rings. The van der Waals surface area contributed by atoms with Gasteiger partial charge < -0.3 is 57.4 Å². The molecule has 0 fully saturated rings. The summed E-state index contributed by atoms with van der Waals surface area (Å²) in [4.78, 5) is 87.4. The van der Waals surface area contributed by atoms with Crippen molar-refractivity contribution in [1.82, 2.24) is 9.80 Å². The van der Waals surface area contributed by atoms with Crippen molar-refractivity contribution in [3.8, 4) is 0 Å². The molecule has 0 aliphatic carbocycles. The largest absolute Gasteiger partial charge is 1.00 e. The van der Waals surface area contributed by atoms with Gasteiger partial charge in [0.2, 0.25) is 0 Å². The molecule has 0 aromatic rings. The molecule has 0 bridgehead atoms. The molecule has 0 radical (unpaired) electrons. The van der Waals surface area contributed by atoms with Crippen molar-refractivity contribution in [2.24, 2.45) is 0 Å². The Morgan fingerprint density at radius 1 is 0.412 bits per heavy atom. The molecule has 0 saturated heterocycles. The first kappa shape index (κ1) is 56.3. The Hall–Kier alpha value is 6.52. The number of hydrogen-bond donors (Lipinski definition) is 0. The van der Waals surface area contributed by atoms with E-state index in [0.717, 1.165) is 0 Å². The van der Waals surface area contributed by atoms with E-state index in [1.54, 1.807) is 0 Å². The van der Waals surface area contributed by atoms with Gasteiger partial charge in [-0.05, 0) is 25.9 Å². The van der Waals surface area contributed by atoms with Crippen LogP contribution in [0.5, 0.6) is 0 Å². The van der Waals surface area contributed by atoms with Crippen molar-refractivity contribution in [2.75, 3.05) is 38.2 Å². The molecule has 0 saturated carbocycles. The molecule has 0 heterocycles. The molecule has 0 rings (SSSR count). The number of unbranched alkanes of at least 4 members (excludes halogenated alkanes) is 3. The van der Waals surface area contributed by atoms with Gasteiger partial charge in [-0.1, -0.05) is 43.2 Å². The van der Waals surface area contributed by atoms with E-state index in [4.69, 9.17) is 0 Å². The first-order valence-corrected chi connectivity index (χ1v) is 14.8. The summed E-state index contributed by atoms with van der Waals surface area (Å²) in [6.07, 6.45) is -3.48. The zero-order valence-corrected chi connectivity index (χ0v) is 36.2. The monoisotopic (exact) mass is 624 g/mol. The second kappa shape index (κ2) is 27.1. The molecule has 34 heavy (non-hydrogen) atoms. The van der Waals surface area contributed by atoms with Crippen molar-refractivity contribution >= 4 is 30.4 Å². The summed E-state index contributed by atoms with van der Waals surface area (Å²) in [7, 11) is -20.3. The van der Waals surface area contributed by atoms with Crippen LogP contribution in [0.1, 0.15) is 28.5 Å². The maximum absolute atomic E-state index is 10.7. The van der Waals surface area contributed by atoms with E-state index >= 15 is 0 Å². The predicted octanol–water partition coefficient (Wildman–Crippen LogP) is -23.1. The van der Waals surface area contributed by atoms with Crippen molar-refractivity contribution < 1.29 is 238 Å². The van der Waals surface area contributed by atoms with Gasteiger partial charge in [0.05, 0.1) is 0 Å². The van der Waals surface area contributed by atoms with E-state index in [2.05, 4.69) is 0 Å². The van der Waals surface area contributed by atoms with Crippen molar-refractivity contribution in [2.45, 2.75) is 25.7 Å². The molecular weight excluding hydrogens is 602 g/mol. The predicted molar refractivity (Wildman–Crippen MR) is 84.0 cm³/mol. The molecule has 0 aromatic heterocycles. The molecule has 0 aliphatic heterocycles. The fourth-order valence-electron chi connectivity index (χ4n) is 2.38. The third-order valence-corrected chi connectivity index (χ3v) is 6.18. The molecular formula is C10H22N2Na6O12P4. The molecule has 0 unspecified atom stereocenters. The Morgan fingerprint density at radius 2 is 0.588 bits per heavy atom. The Labute approximate surface area is 335 Å². The summed E-state index contributed by atoms with van der Waals surface area (Å²) in [5.41, 5.74) is 0. The van der Waals surface area contributed by atoms with E-state index in [1.165, 1.54) is 0 Å². The summed E-state index contributed by atoms with van der Waals surface area (Å²) in [5.74, 6) is 0. The third kappa shape index (κ3) is 43.0. The molecule has 0 atom stereocenters. The van der Waals surface area contributed by atoms with Gasteiger partial charge >= 0.3 is 180 Å². The first-order chi connectivity index (χ1) is 12.4. The summed E-state index contributed by atoms with van der Waals surface area (Å²) < 4.78 is 43.0. The minimum absolute atomic E-state index is 0. The van der Waals surface area contributed by atoms with Crippen LogP contribution in [0.4, 0.5) is 0 Å². The molecule has 0 N–H and O–H groups in total. The zero-order valence-electron chi connectivity index (χ0n) is 22.7. The van der Waals surface area contributed by atoms with Crippen LogP contribution in [0, 0.1) is 0 Å². The van der Waals surface area contributed by atoms with Gasteiger partial charge in [0.1, 0.15) is 0 Å². The topological polar surface area (TPSA) is 259 Å². The van der Waals surface area contributed by atoms with Crippen LogP contribution in [-0.2, 0) is 18.3 Å². The van der Waals surface area contributed by atoms with Crippen LogP contribution in [0.3, 0.4) is 0 Å². The number of hydrogen-bond acceptors (Lipinski definition) is 14. The molecule has 14 nitrogen and oxygen atoms in total. The first-order valence-electron chi connectivity index (χ1n) is 7.85.